The van der Waals surface area contributed by atoms with Crippen LogP contribution in [0.4, 0.5) is 0 Å². The zero-order chi connectivity index (χ0) is 50.9. The fourth-order valence-electron chi connectivity index (χ4n) is 6.94. The summed E-state index contributed by atoms with van der Waals surface area (Å²) in [6.07, 6.45) is -1.28. The molecular formula is C44H69N11O12S. The van der Waals surface area contributed by atoms with Gasteiger partial charge in [0.05, 0.1) is 31.6 Å². The Bertz CT molecular complexity index is 1920. The lowest BCUT2D eigenvalue weighted by Gasteiger charge is -2.30. The van der Waals surface area contributed by atoms with Crippen molar-refractivity contribution in [3.05, 3.63) is 35.9 Å². The Morgan fingerprint density at radius 1 is 0.838 bits per heavy atom. The first-order valence-corrected chi connectivity index (χ1v) is 23.7. The number of rotatable bonds is 21. The minimum Gasteiger partial charge on any atom is -0.396 e. The maximum Gasteiger partial charge on any atom is 0.243 e. The van der Waals surface area contributed by atoms with Crippen LogP contribution in [0, 0.1) is 11.8 Å². The first-order valence-electron chi connectivity index (χ1n) is 22.6. The molecule has 0 aromatic heterocycles. The summed E-state index contributed by atoms with van der Waals surface area (Å²) in [6.45, 7) is 5.36. The van der Waals surface area contributed by atoms with E-state index < -0.39 is 139 Å². The Kier molecular flexibility index (Phi) is 26.0. The second-order valence-electron chi connectivity index (χ2n) is 17.0. The summed E-state index contributed by atoms with van der Waals surface area (Å²) >= 11 is 1.25. The number of ketones is 2. The molecule has 14 N–H and O–H groups in total. The quantitative estimate of drug-likeness (QED) is 0.0538. The average molecular weight is 976 g/mol. The van der Waals surface area contributed by atoms with Gasteiger partial charge in [0.1, 0.15) is 24.2 Å². The van der Waals surface area contributed by atoms with E-state index in [4.69, 9.17) is 17.2 Å². The Balaban J connectivity index is 2.61. The van der Waals surface area contributed by atoms with E-state index in [0.717, 1.165) is 4.90 Å². The smallest absolute Gasteiger partial charge is 0.243 e. The topological polar surface area (TPSA) is 374 Å². The number of benzene rings is 1. The number of Topliss-reactive ketones (excluding diaryl/α,β-unsaturated/α-hetero) is 2. The molecule has 1 fully saturated rings. The van der Waals surface area contributed by atoms with Gasteiger partial charge in [0.25, 0.3) is 0 Å². The first-order chi connectivity index (χ1) is 32.2. The number of hydrogen-bond acceptors (Lipinski definition) is 15. The number of aliphatic hydroxyl groups is 1. The van der Waals surface area contributed by atoms with Crippen molar-refractivity contribution in [1.82, 2.24) is 42.3 Å². The number of thioether (sulfide) groups is 1. The molecule has 1 heterocycles. The normalized spacial score (nSPS) is 21.3. The minimum atomic E-state index is -1.75. The van der Waals surface area contributed by atoms with Crippen molar-refractivity contribution in [3.63, 3.8) is 0 Å². The molecule has 1 aromatic rings. The molecule has 378 valence electrons. The Hall–Kier alpha value is -5.98. The molecule has 7 atom stereocenters. The van der Waals surface area contributed by atoms with E-state index in [1.54, 1.807) is 58.0 Å². The highest BCUT2D eigenvalue weighted by atomic mass is 32.2. The molecular weight excluding hydrogens is 907 g/mol. The van der Waals surface area contributed by atoms with Crippen molar-refractivity contribution in [2.75, 3.05) is 37.7 Å². The molecule has 1 saturated heterocycles. The van der Waals surface area contributed by atoms with Crippen molar-refractivity contribution in [2.45, 2.75) is 122 Å². The highest BCUT2D eigenvalue weighted by molar-refractivity contribution is 7.99. The number of nitrogens with one attached hydrogen (secondary N) is 7. The van der Waals surface area contributed by atoms with Gasteiger partial charge in [0.15, 0.2) is 0 Å². The number of nitrogens with two attached hydrogens (primary N) is 3. The van der Waals surface area contributed by atoms with Crippen molar-refractivity contribution >= 4 is 76.5 Å². The lowest BCUT2D eigenvalue weighted by Crippen LogP contribution is -2.61. The van der Waals surface area contributed by atoms with E-state index in [0.29, 0.717) is 12.0 Å². The number of hydrogen-bond donors (Lipinski definition) is 11. The lowest BCUT2D eigenvalue weighted by atomic mass is 9.94. The minimum absolute atomic E-state index is 0.00836. The van der Waals surface area contributed by atoms with Gasteiger partial charge < -0.3 is 53.8 Å². The predicted molar refractivity (Wildman–Crippen MR) is 250 cm³/mol. The van der Waals surface area contributed by atoms with Crippen LogP contribution in [-0.2, 0) is 59.2 Å². The number of primary amides is 3. The highest BCUT2D eigenvalue weighted by Gasteiger charge is 2.38. The zero-order valence-electron chi connectivity index (χ0n) is 39.1. The van der Waals surface area contributed by atoms with Crippen LogP contribution in [-0.4, -0.2) is 149 Å². The van der Waals surface area contributed by atoms with Gasteiger partial charge in [-0.25, -0.2) is 10.9 Å². The number of nitrogens with zero attached hydrogens (tertiary/aromatic N) is 1. The van der Waals surface area contributed by atoms with Gasteiger partial charge in [-0.2, -0.15) is 11.8 Å². The zero-order valence-corrected chi connectivity index (χ0v) is 40.0. The maximum absolute atomic E-state index is 14.4. The molecule has 0 bridgehead atoms. The Morgan fingerprint density at radius 3 is 2.12 bits per heavy atom. The van der Waals surface area contributed by atoms with Gasteiger partial charge in [0.2, 0.25) is 64.7 Å². The Labute approximate surface area is 400 Å². The molecule has 0 aliphatic carbocycles. The molecule has 0 radical (unpaired) electrons. The average Bonchev–Trinajstić information content (AvgIpc) is 3.28. The van der Waals surface area contributed by atoms with E-state index in [2.05, 4.69) is 37.4 Å². The van der Waals surface area contributed by atoms with Gasteiger partial charge in [-0.05, 0) is 48.8 Å². The molecule has 1 aromatic carbocycles. The van der Waals surface area contributed by atoms with Crippen LogP contribution in [0.1, 0.15) is 84.6 Å². The van der Waals surface area contributed by atoms with E-state index in [-0.39, 0.29) is 62.7 Å². The largest absolute Gasteiger partial charge is 0.396 e. The van der Waals surface area contributed by atoms with Crippen molar-refractivity contribution < 1.29 is 57.8 Å². The fourth-order valence-corrected chi connectivity index (χ4v) is 7.88. The molecule has 68 heavy (non-hydrogen) atoms. The number of aliphatic hydroxyl groups excluding tert-OH is 1. The van der Waals surface area contributed by atoms with Crippen LogP contribution >= 0.6 is 11.8 Å². The first kappa shape index (κ1) is 58.1. The summed E-state index contributed by atoms with van der Waals surface area (Å²) in [7, 11) is 0. The third-order valence-corrected chi connectivity index (χ3v) is 11.8. The third kappa shape index (κ3) is 21.3. The summed E-state index contributed by atoms with van der Waals surface area (Å²) in [6, 6.07) is 0.471. The standard InChI is InChI=1S/C44H69N11O12S/c1-5-26(4)38-43(66)51-28(12-13-33(45)57)39(62)40(63)30(22-34(46)58)54-53-29(14-18-68-19-15-36(60)49-32(42(65)52-38)21-27-10-7-6-8-11-27)44(67)55(16-9-17-56)24-37(61)50-31(20-25(2)3)41(64)48-23-35(47)59/h6-8,10-11,25-26,28-32,38,53-54,56H,5,9,12-24H2,1-4H3,(H2,45,57)(H2,46,58)(H2,47,59)(H,48,64)(H,49,60)(H,50,61)(H,51,66)(H,52,65)/t26-,28-,29-,30-,31-,32-,38-/m0/s1. The number of carbonyl (C=O) groups excluding carboxylic acids is 11. The molecule has 0 spiro atoms. The van der Waals surface area contributed by atoms with Gasteiger partial charge in [-0.3, -0.25) is 52.7 Å². The van der Waals surface area contributed by atoms with Crippen molar-refractivity contribution in [3.8, 4) is 0 Å². The van der Waals surface area contributed by atoms with Crippen LogP contribution in [0.15, 0.2) is 30.3 Å². The van der Waals surface area contributed by atoms with Crippen LogP contribution in [0.3, 0.4) is 0 Å². The molecule has 0 saturated carbocycles. The van der Waals surface area contributed by atoms with Crippen molar-refractivity contribution in [1.29, 1.82) is 0 Å². The second-order valence-corrected chi connectivity index (χ2v) is 18.2. The lowest BCUT2D eigenvalue weighted by molar-refractivity contribution is -0.142. The van der Waals surface area contributed by atoms with Gasteiger partial charge in [-0.15, -0.1) is 0 Å². The molecule has 24 heteroatoms. The number of carbonyl (C=O) groups is 11. The molecule has 1 aliphatic heterocycles. The molecule has 1 aliphatic rings. The monoisotopic (exact) mass is 975 g/mol. The third-order valence-electron chi connectivity index (χ3n) is 10.8. The highest BCUT2D eigenvalue weighted by Crippen LogP contribution is 2.15. The van der Waals surface area contributed by atoms with Gasteiger partial charge in [0, 0.05) is 38.2 Å². The van der Waals surface area contributed by atoms with Crippen LogP contribution in [0.5, 0.6) is 0 Å². The molecule has 2 rings (SSSR count). The van der Waals surface area contributed by atoms with Crippen LogP contribution in [0.25, 0.3) is 0 Å². The Morgan fingerprint density at radius 2 is 1.51 bits per heavy atom. The summed E-state index contributed by atoms with van der Waals surface area (Å²) in [4.78, 5) is 147. The second kappa shape index (κ2) is 30.4. The summed E-state index contributed by atoms with van der Waals surface area (Å²) in [5.74, 6) is -9.86. The van der Waals surface area contributed by atoms with E-state index in [1.807, 2.05) is 0 Å². The van der Waals surface area contributed by atoms with Crippen molar-refractivity contribution in [2.24, 2.45) is 29.0 Å². The predicted octanol–water partition coefficient (Wildman–Crippen LogP) is -3.29. The summed E-state index contributed by atoms with van der Waals surface area (Å²) < 4.78 is 0. The number of hydrazine groups is 1. The SMILES string of the molecule is CC[C@H](C)[C@@H]1NC(=O)[C@H](Cc2ccccc2)NC(=O)CCSCC[C@@H](C(=O)N(CCCO)CC(=O)N[C@@H](CC(C)C)C(=O)NCC(N)=O)NN[C@@H](CC(N)=O)C(=O)C(=O)[C@H](CCC(N)=O)NC1=O. The molecule has 0 unspecified atom stereocenters. The summed E-state index contributed by atoms with van der Waals surface area (Å²) in [5.41, 5.74) is 22.0. The van der Waals surface area contributed by atoms with E-state index >= 15 is 0 Å². The fraction of sp³-hybridized carbons (Fsp3) is 0.614. The molecule has 23 nitrogen and oxygen atoms in total. The summed E-state index contributed by atoms with van der Waals surface area (Å²) in [5, 5.41) is 22.6. The van der Waals surface area contributed by atoms with Crippen LogP contribution in [0.2, 0.25) is 0 Å². The van der Waals surface area contributed by atoms with E-state index in [1.165, 1.54) is 11.8 Å². The van der Waals surface area contributed by atoms with Crippen LogP contribution < -0.4 is 54.6 Å². The van der Waals surface area contributed by atoms with Gasteiger partial charge in [-0.1, -0.05) is 64.4 Å². The maximum atomic E-state index is 14.4. The number of amides is 9. The van der Waals surface area contributed by atoms with Gasteiger partial charge >= 0.3 is 0 Å². The molecule has 9 amide bonds. The van der Waals surface area contributed by atoms with E-state index in [9.17, 15) is 57.8 Å².